The third kappa shape index (κ3) is 5.23. The average molecular weight is 266 g/mol. The molecule has 2 heterocycles. The van der Waals surface area contributed by atoms with Crippen LogP contribution in [0.3, 0.4) is 0 Å². The van der Waals surface area contributed by atoms with Crippen molar-refractivity contribution < 1.29 is 0 Å². The first kappa shape index (κ1) is 16.0. The Morgan fingerprint density at radius 3 is 2.26 bits per heavy atom. The van der Waals surface area contributed by atoms with Gasteiger partial charge in [0.15, 0.2) is 0 Å². The van der Waals surface area contributed by atoms with Crippen molar-refractivity contribution in [3.05, 3.63) is 12.5 Å². The molecule has 1 saturated heterocycles. The summed E-state index contributed by atoms with van der Waals surface area (Å²) in [5, 5.41) is 0. The average Bonchev–Trinajstić information content (AvgIpc) is 2.86. The molecule has 0 unspecified atom stereocenters. The second-order valence-electron chi connectivity index (χ2n) is 5.41. The van der Waals surface area contributed by atoms with E-state index in [0.29, 0.717) is 0 Å². The van der Waals surface area contributed by atoms with Gasteiger partial charge in [-0.05, 0) is 18.9 Å². The molecule has 4 heteroatoms. The van der Waals surface area contributed by atoms with Crippen LogP contribution in [0.15, 0.2) is 12.5 Å². The number of aromatic nitrogens is 2. The Morgan fingerprint density at radius 2 is 1.79 bits per heavy atom. The number of imidazole rings is 1. The van der Waals surface area contributed by atoms with Crippen molar-refractivity contribution in [2.24, 2.45) is 13.0 Å². The van der Waals surface area contributed by atoms with Gasteiger partial charge in [-0.3, -0.25) is 4.90 Å². The Balaban J connectivity index is 0.000000861. The lowest BCUT2D eigenvalue weighted by Crippen LogP contribution is -2.46. The van der Waals surface area contributed by atoms with Crippen molar-refractivity contribution in [2.45, 2.75) is 34.1 Å². The van der Waals surface area contributed by atoms with Crippen LogP contribution in [-0.2, 0) is 7.05 Å². The van der Waals surface area contributed by atoms with Gasteiger partial charge in [-0.15, -0.1) is 0 Å². The number of hydrogen-bond donors (Lipinski definition) is 0. The zero-order chi connectivity index (χ0) is 14.3. The molecule has 1 fully saturated rings. The summed E-state index contributed by atoms with van der Waals surface area (Å²) in [5.41, 5.74) is 0. The second kappa shape index (κ2) is 8.20. The Labute approximate surface area is 118 Å². The summed E-state index contributed by atoms with van der Waals surface area (Å²) >= 11 is 0. The molecule has 0 aromatic carbocycles. The molecule has 0 aliphatic carbocycles. The monoisotopic (exact) mass is 266 g/mol. The zero-order valence-corrected chi connectivity index (χ0v) is 13.3. The molecule has 0 radical (unpaired) electrons. The highest BCUT2D eigenvalue weighted by Gasteiger charge is 2.18. The molecule has 2 rings (SSSR count). The van der Waals surface area contributed by atoms with E-state index in [2.05, 4.69) is 34.8 Å². The molecule has 0 amide bonds. The van der Waals surface area contributed by atoms with Crippen LogP contribution in [0.4, 0.5) is 5.82 Å². The normalized spacial score (nSPS) is 16.4. The van der Waals surface area contributed by atoms with Gasteiger partial charge in [0.25, 0.3) is 0 Å². The summed E-state index contributed by atoms with van der Waals surface area (Å²) in [7, 11) is 2.02. The van der Waals surface area contributed by atoms with Crippen LogP contribution in [0.2, 0.25) is 0 Å². The van der Waals surface area contributed by atoms with Crippen molar-refractivity contribution in [3.8, 4) is 0 Å². The van der Waals surface area contributed by atoms with E-state index in [4.69, 9.17) is 0 Å². The van der Waals surface area contributed by atoms with Crippen LogP contribution in [-0.4, -0.2) is 47.2 Å². The highest BCUT2D eigenvalue weighted by Crippen LogP contribution is 2.13. The van der Waals surface area contributed by atoms with Crippen molar-refractivity contribution in [1.82, 2.24) is 14.5 Å². The van der Waals surface area contributed by atoms with Gasteiger partial charge in [-0.1, -0.05) is 27.7 Å². The third-order valence-electron chi connectivity index (χ3n) is 3.41. The highest BCUT2D eigenvalue weighted by atomic mass is 15.3. The molecular weight excluding hydrogens is 236 g/mol. The summed E-state index contributed by atoms with van der Waals surface area (Å²) in [6.45, 7) is 14.4. The molecule has 1 aliphatic heterocycles. The maximum absolute atomic E-state index is 4.41. The fraction of sp³-hybridized carbons (Fsp3) is 0.800. The highest BCUT2D eigenvalue weighted by molar-refractivity contribution is 5.36. The van der Waals surface area contributed by atoms with Crippen LogP contribution in [0.25, 0.3) is 0 Å². The minimum Gasteiger partial charge on any atom is -0.353 e. The van der Waals surface area contributed by atoms with Crippen LogP contribution in [0, 0.1) is 5.92 Å². The predicted molar refractivity (Wildman–Crippen MR) is 82.7 cm³/mol. The number of hydrogen-bond acceptors (Lipinski definition) is 3. The SMILES string of the molecule is CC.CC(C)CCN1CCN(c2cn(C)cn2)CC1. The molecule has 110 valence electrons. The van der Waals surface area contributed by atoms with Crippen LogP contribution >= 0.6 is 0 Å². The minimum absolute atomic E-state index is 0.809. The van der Waals surface area contributed by atoms with Crippen molar-refractivity contribution >= 4 is 5.82 Å². The maximum Gasteiger partial charge on any atom is 0.146 e. The van der Waals surface area contributed by atoms with E-state index in [1.807, 2.05) is 31.8 Å². The largest absolute Gasteiger partial charge is 0.353 e. The summed E-state index contributed by atoms with van der Waals surface area (Å²) in [4.78, 5) is 9.36. The van der Waals surface area contributed by atoms with Crippen LogP contribution < -0.4 is 4.90 Å². The van der Waals surface area contributed by atoms with Crippen molar-refractivity contribution in [1.29, 1.82) is 0 Å². The van der Waals surface area contributed by atoms with Crippen LogP contribution in [0.1, 0.15) is 34.1 Å². The Morgan fingerprint density at radius 1 is 1.16 bits per heavy atom. The fourth-order valence-corrected chi connectivity index (χ4v) is 2.20. The standard InChI is InChI=1S/C13H24N4.C2H6/c1-12(2)4-5-16-6-8-17(9-7-16)13-10-15(3)11-14-13;1-2/h10-12H,4-9H2,1-3H3;1-2H3. The van der Waals surface area contributed by atoms with E-state index in [1.54, 1.807) is 0 Å². The number of nitrogens with zero attached hydrogens (tertiary/aromatic N) is 4. The maximum atomic E-state index is 4.41. The van der Waals surface area contributed by atoms with E-state index in [-0.39, 0.29) is 0 Å². The van der Waals surface area contributed by atoms with Crippen molar-refractivity contribution in [3.63, 3.8) is 0 Å². The molecule has 1 aromatic rings. The lowest BCUT2D eigenvalue weighted by Gasteiger charge is -2.35. The second-order valence-corrected chi connectivity index (χ2v) is 5.41. The molecule has 0 bridgehead atoms. The van der Waals surface area contributed by atoms with Gasteiger partial charge in [0.2, 0.25) is 0 Å². The summed E-state index contributed by atoms with van der Waals surface area (Å²) in [6, 6.07) is 0. The number of rotatable bonds is 4. The van der Waals surface area contributed by atoms with E-state index < -0.39 is 0 Å². The number of piperazine rings is 1. The molecule has 0 saturated carbocycles. The molecule has 0 atom stereocenters. The van der Waals surface area contributed by atoms with Gasteiger partial charge in [-0.25, -0.2) is 4.98 Å². The first-order valence-corrected chi connectivity index (χ1v) is 7.60. The first-order chi connectivity index (χ1) is 9.15. The Hall–Kier alpha value is -1.03. The number of aryl methyl sites for hydroxylation is 1. The van der Waals surface area contributed by atoms with Gasteiger partial charge in [-0.2, -0.15) is 0 Å². The predicted octanol–water partition coefficient (Wildman–Crippen LogP) is 2.61. The van der Waals surface area contributed by atoms with Crippen molar-refractivity contribution in [2.75, 3.05) is 37.6 Å². The van der Waals surface area contributed by atoms with Crippen LogP contribution in [0.5, 0.6) is 0 Å². The van der Waals surface area contributed by atoms with Gasteiger partial charge in [0.1, 0.15) is 5.82 Å². The fourth-order valence-electron chi connectivity index (χ4n) is 2.20. The molecule has 0 spiro atoms. The van der Waals surface area contributed by atoms with E-state index in [1.165, 1.54) is 26.1 Å². The molecule has 1 aliphatic rings. The third-order valence-corrected chi connectivity index (χ3v) is 3.41. The Bertz CT molecular complexity index is 338. The van der Waals surface area contributed by atoms with E-state index >= 15 is 0 Å². The van der Waals surface area contributed by atoms with E-state index in [0.717, 1.165) is 24.8 Å². The lowest BCUT2D eigenvalue weighted by atomic mass is 10.1. The summed E-state index contributed by atoms with van der Waals surface area (Å²) < 4.78 is 2.01. The smallest absolute Gasteiger partial charge is 0.146 e. The number of anilines is 1. The minimum atomic E-state index is 0.809. The summed E-state index contributed by atoms with van der Waals surface area (Å²) in [6.07, 6.45) is 5.29. The quantitative estimate of drug-likeness (QED) is 0.837. The molecule has 1 aromatic heterocycles. The van der Waals surface area contributed by atoms with Gasteiger partial charge < -0.3 is 9.47 Å². The van der Waals surface area contributed by atoms with E-state index in [9.17, 15) is 0 Å². The van der Waals surface area contributed by atoms with Gasteiger partial charge in [0, 0.05) is 39.4 Å². The molecular formula is C15H30N4. The molecule has 4 nitrogen and oxygen atoms in total. The lowest BCUT2D eigenvalue weighted by molar-refractivity contribution is 0.243. The molecule has 0 N–H and O–H groups in total. The first-order valence-electron chi connectivity index (χ1n) is 7.60. The van der Waals surface area contributed by atoms with Gasteiger partial charge >= 0.3 is 0 Å². The summed E-state index contributed by atoms with van der Waals surface area (Å²) in [5.74, 6) is 1.93. The van der Waals surface area contributed by atoms with Gasteiger partial charge in [0.05, 0.1) is 6.33 Å². The Kier molecular flexibility index (Phi) is 6.92. The topological polar surface area (TPSA) is 24.3 Å². The molecule has 19 heavy (non-hydrogen) atoms. The zero-order valence-electron chi connectivity index (χ0n) is 13.3.